The van der Waals surface area contributed by atoms with E-state index < -0.39 is 0 Å². The zero-order valence-corrected chi connectivity index (χ0v) is 13.8. The summed E-state index contributed by atoms with van der Waals surface area (Å²) in [6, 6.07) is 0.580. The molecule has 2 unspecified atom stereocenters. The Bertz CT molecular complexity index is 347. The third-order valence-corrected chi connectivity index (χ3v) is 3.88. The van der Waals surface area contributed by atoms with E-state index in [2.05, 4.69) is 27.4 Å². The Morgan fingerprint density at radius 1 is 1.43 bits per heavy atom. The summed E-state index contributed by atoms with van der Waals surface area (Å²) in [5.74, 6) is 0.336. The number of aliphatic imine (C=N–C) groups is 1. The summed E-state index contributed by atoms with van der Waals surface area (Å²) >= 11 is 0. The molecule has 0 aromatic carbocycles. The molecule has 0 radical (unpaired) electrons. The average molecular weight is 298 g/mol. The van der Waals surface area contributed by atoms with Crippen LogP contribution in [0.4, 0.5) is 0 Å². The summed E-state index contributed by atoms with van der Waals surface area (Å²) in [5, 5.41) is 6.60. The van der Waals surface area contributed by atoms with Gasteiger partial charge in [-0.05, 0) is 32.9 Å². The molecule has 0 aliphatic carbocycles. The molecule has 1 rings (SSSR count). The van der Waals surface area contributed by atoms with E-state index in [4.69, 9.17) is 4.74 Å². The number of carbonyl (C=O) groups is 1. The molecule has 1 fully saturated rings. The molecule has 0 aromatic rings. The molecule has 0 bridgehead atoms. The molecule has 1 heterocycles. The molecule has 1 saturated heterocycles. The lowest BCUT2D eigenvalue weighted by Gasteiger charge is -2.24. The number of carbonyl (C=O) groups excluding carboxylic acids is 1. The second-order valence-electron chi connectivity index (χ2n) is 5.45. The minimum Gasteiger partial charge on any atom is -0.469 e. The summed E-state index contributed by atoms with van der Waals surface area (Å²) in [7, 11) is 1.41. The smallest absolute Gasteiger partial charge is 0.310 e. The van der Waals surface area contributed by atoms with Gasteiger partial charge in [-0.3, -0.25) is 14.7 Å². The van der Waals surface area contributed by atoms with Gasteiger partial charge in [0.1, 0.15) is 0 Å². The first-order chi connectivity index (χ1) is 10.1. The van der Waals surface area contributed by atoms with Crippen LogP contribution in [-0.4, -0.2) is 62.7 Å². The number of guanidine groups is 1. The minimum atomic E-state index is -0.220. The second kappa shape index (κ2) is 9.60. The fraction of sp³-hybridized carbons (Fsp3) is 0.867. The molecule has 0 aromatic heterocycles. The first kappa shape index (κ1) is 17.8. The van der Waals surface area contributed by atoms with Crippen molar-refractivity contribution >= 4 is 11.9 Å². The van der Waals surface area contributed by atoms with Gasteiger partial charge in [-0.15, -0.1) is 0 Å². The largest absolute Gasteiger partial charge is 0.469 e. The normalized spacial score (nSPS) is 21.1. The third kappa shape index (κ3) is 5.91. The summed E-state index contributed by atoms with van der Waals surface area (Å²) in [5.41, 5.74) is 0. The van der Waals surface area contributed by atoms with Crippen molar-refractivity contribution < 1.29 is 9.53 Å². The van der Waals surface area contributed by atoms with Crippen LogP contribution in [0.3, 0.4) is 0 Å². The lowest BCUT2D eigenvalue weighted by atomic mass is 10.2. The van der Waals surface area contributed by atoms with Crippen molar-refractivity contribution in [1.29, 1.82) is 0 Å². The molecule has 0 spiro atoms. The summed E-state index contributed by atoms with van der Waals surface area (Å²) < 4.78 is 4.72. The minimum absolute atomic E-state index is 0.218. The lowest BCUT2D eigenvalue weighted by molar-refractivity contribution is -0.144. The number of likely N-dealkylation sites (tertiary alicyclic amines) is 1. The van der Waals surface area contributed by atoms with Gasteiger partial charge in [0.15, 0.2) is 5.96 Å². The standard InChI is InChI=1S/C15H30N4O2/c1-5-16-15(17-10-12(3)14(20)21-4)18-11-13-8-7-9-19(13)6-2/h12-13H,5-11H2,1-4H3,(H2,16,17,18). The van der Waals surface area contributed by atoms with Gasteiger partial charge >= 0.3 is 5.97 Å². The van der Waals surface area contributed by atoms with Crippen LogP contribution >= 0.6 is 0 Å². The van der Waals surface area contributed by atoms with Crippen molar-refractivity contribution in [3.63, 3.8) is 0 Å². The Labute approximate surface area is 128 Å². The van der Waals surface area contributed by atoms with Crippen LogP contribution in [0.5, 0.6) is 0 Å². The van der Waals surface area contributed by atoms with E-state index in [0.717, 1.165) is 25.6 Å². The van der Waals surface area contributed by atoms with Crippen LogP contribution in [-0.2, 0) is 9.53 Å². The zero-order chi connectivity index (χ0) is 15.7. The molecule has 2 N–H and O–H groups in total. The predicted molar refractivity (Wildman–Crippen MR) is 85.4 cm³/mol. The van der Waals surface area contributed by atoms with Crippen molar-refractivity contribution in [2.45, 2.75) is 39.7 Å². The maximum absolute atomic E-state index is 11.4. The number of likely N-dealkylation sites (N-methyl/N-ethyl adjacent to an activating group) is 1. The van der Waals surface area contributed by atoms with E-state index >= 15 is 0 Å². The van der Waals surface area contributed by atoms with Gasteiger partial charge < -0.3 is 15.4 Å². The molecule has 6 heteroatoms. The van der Waals surface area contributed by atoms with Crippen molar-refractivity contribution in [2.75, 3.05) is 39.8 Å². The highest BCUT2D eigenvalue weighted by molar-refractivity contribution is 5.80. The molecular formula is C15H30N4O2. The van der Waals surface area contributed by atoms with Gasteiger partial charge in [-0.2, -0.15) is 0 Å². The Balaban J connectivity index is 2.46. The van der Waals surface area contributed by atoms with Gasteiger partial charge in [-0.1, -0.05) is 13.8 Å². The number of ether oxygens (including phenoxy) is 1. The quantitative estimate of drug-likeness (QED) is 0.414. The summed E-state index contributed by atoms with van der Waals surface area (Å²) in [4.78, 5) is 18.4. The van der Waals surface area contributed by atoms with Crippen LogP contribution in [0.2, 0.25) is 0 Å². The number of hydrogen-bond donors (Lipinski definition) is 2. The number of nitrogens with one attached hydrogen (secondary N) is 2. The number of methoxy groups -OCH3 is 1. The van der Waals surface area contributed by atoms with E-state index in [0.29, 0.717) is 12.6 Å². The van der Waals surface area contributed by atoms with E-state index in [1.807, 2.05) is 13.8 Å². The number of rotatable bonds is 7. The fourth-order valence-corrected chi connectivity index (χ4v) is 2.60. The average Bonchev–Trinajstić information content (AvgIpc) is 2.96. The number of nitrogens with zero attached hydrogens (tertiary/aromatic N) is 2. The Morgan fingerprint density at radius 2 is 2.19 bits per heavy atom. The molecular weight excluding hydrogens is 268 g/mol. The first-order valence-electron chi connectivity index (χ1n) is 7.96. The molecule has 21 heavy (non-hydrogen) atoms. The summed E-state index contributed by atoms with van der Waals surface area (Å²) in [6.45, 7) is 10.5. The van der Waals surface area contributed by atoms with Crippen molar-refractivity contribution in [1.82, 2.24) is 15.5 Å². The SMILES string of the molecule is CCNC(=NCC(C)C(=O)OC)NCC1CCCN1CC. The maximum atomic E-state index is 11.4. The van der Waals surface area contributed by atoms with Crippen molar-refractivity contribution in [3.05, 3.63) is 0 Å². The highest BCUT2D eigenvalue weighted by atomic mass is 16.5. The molecule has 0 amide bonds. The maximum Gasteiger partial charge on any atom is 0.310 e. The van der Waals surface area contributed by atoms with Crippen LogP contribution in [0.1, 0.15) is 33.6 Å². The molecule has 1 aliphatic heterocycles. The topological polar surface area (TPSA) is 66.0 Å². The zero-order valence-electron chi connectivity index (χ0n) is 13.8. The van der Waals surface area contributed by atoms with Gasteiger partial charge in [-0.25, -0.2) is 0 Å². The van der Waals surface area contributed by atoms with Gasteiger partial charge in [0.05, 0.1) is 19.6 Å². The molecule has 6 nitrogen and oxygen atoms in total. The summed E-state index contributed by atoms with van der Waals surface area (Å²) in [6.07, 6.45) is 2.51. The molecule has 1 aliphatic rings. The second-order valence-corrected chi connectivity index (χ2v) is 5.45. The highest BCUT2D eigenvalue weighted by Crippen LogP contribution is 2.15. The van der Waals surface area contributed by atoms with E-state index in [9.17, 15) is 4.79 Å². The van der Waals surface area contributed by atoms with E-state index in [1.165, 1.54) is 26.5 Å². The monoisotopic (exact) mass is 298 g/mol. The van der Waals surface area contributed by atoms with Gasteiger partial charge in [0, 0.05) is 19.1 Å². The Morgan fingerprint density at radius 3 is 2.81 bits per heavy atom. The lowest BCUT2D eigenvalue weighted by Crippen LogP contribution is -2.45. The Kier molecular flexibility index (Phi) is 8.12. The number of esters is 1. The highest BCUT2D eigenvalue weighted by Gasteiger charge is 2.22. The third-order valence-electron chi connectivity index (χ3n) is 3.88. The van der Waals surface area contributed by atoms with Crippen LogP contribution in [0.25, 0.3) is 0 Å². The van der Waals surface area contributed by atoms with Gasteiger partial charge in [0.2, 0.25) is 0 Å². The van der Waals surface area contributed by atoms with Crippen molar-refractivity contribution in [3.8, 4) is 0 Å². The van der Waals surface area contributed by atoms with E-state index in [-0.39, 0.29) is 11.9 Å². The molecule has 122 valence electrons. The predicted octanol–water partition coefficient (Wildman–Crippen LogP) is 0.835. The fourth-order valence-electron chi connectivity index (χ4n) is 2.60. The number of hydrogen-bond acceptors (Lipinski definition) is 4. The molecule has 0 saturated carbocycles. The van der Waals surface area contributed by atoms with E-state index in [1.54, 1.807) is 0 Å². The molecule has 2 atom stereocenters. The van der Waals surface area contributed by atoms with Crippen LogP contribution in [0, 0.1) is 5.92 Å². The van der Waals surface area contributed by atoms with Crippen LogP contribution in [0.15, 0.2) is 4.99 Å². The Hall–Kier alpha value is -1.30. The van der Waals surface area contributed by atoms with Crippen molar-refractivity contribution in [2.24, 2.45) is 10.9 Å². The van der Waals surface area contributed by atoms with Gasteiger partial charge in [0.25, 0.3) is 0 Å². The first-order valence-corrected chi connectivity index (χ1v) is 7.96. The van der Waals surface area contributed by atoms with Crippen LogP contribution < -0.4 is 10.6 Å².